The molecule has 2 aromatic rings. The van der Waals surface area contributed by atoms with Gasteiger partial charge in [0.1, 0.15) is 5.82 Å². The highest BCUT2D eigenvalue weighted by Gasteiger charge is 2.17. The third kappa shape index (κ3) is 3.90. The fourth-order valence-electron chi connectivity index (χ4n) is 2.81. The first kappa shape index (κ1) is 14.2. The minimum absolute atomic E-state index is 0.0933. The van der Waals surface area contributed by atoms with Gasteiger partial charge in [-0.25, -0.2) is 4.39 Å². The second-order valence-corrected chi connectivity index (χ2v) is 5.63. The summed E-state index contributed by atoms with van der Waals surface area (Å²) in [6.45, 7) is 5.81. The Morgan fingerprint density at radius 2 is 1.29 bits per heavy atom. The average molecular weight is 284 g/mol. The third-order valence-corrected chi connectivity index (χ3v) is 4.07. The molecule has 1 aliphatic heterocycles. The van der Waals surface area contributed by atoms with Crippen molar-refractivity contribution in [2.24, 2.45) is 0 Å². The largest absolute Gasteiger partial charge is 0.297 e. The summed E-state index contributed by atoms with van der Waals surface area (Å²) in [7, 11) is 0. The van der Waals surface area contributed by atoms with Crippen molar-refractivity contribution in [3.8, 4) is 0 Å². The van der Waals surface area contributed by atoms with Gasteiger partial charge in [-0.15, -0.1) is 0 Å². The Hall–Kier alpha value is -1.71. The summed E-state index contributed by atoms with van der Waals surface area (Å²) in [5, 5.41) is 0. The SMILES string of the molecule is Fc1ccccc1CN1CCN(Cc2ccccc2)CC1. The van der Waals surface area contributed by atoms with E-state index in [0.717, 1.165) is 38.3 Å². The van der Waals surface area contributed by atoms with Gasteiger partial charge in [-0.1, -0.05) is 48.5 Å². The normalized spacial score (nSPS) is 17.0. The summed E-state index contributed by atoms with van der Waals surface area (Å²) in [6, 6.07) is 17.6. The van der Waals surface area contributed by atoms with E-state index in [1.807, 2.05) is 12.1 Å². The van der Waals surface area contributed by atoms with E-state index < -0.39 is 0 Å². The van der Waals surface area contributed by atoms with Gasteiger partial charge in [-0.05, 0) is 11.6 Å². The van der Waals surface area contributed by atoms with E-state index in [1.54, 1.807) is 12.1 Å². The van der Waals surface area contributed by atoms with Gasteiger partial charge in [0.2, 0.25) is 0 Å². The molecule has 110 valence electrons. The summed E-state index contributed by atoms with van der Waals surface area (Å²) < 4.78 is 13.7. The maximum atomic E-state index is 13.7. The first-order valence-corrected chi connectivity index (χ1v) is 7.53. The second kappa shape index (κ2) is 6.83. The fourth-order valence-corrected chi connectivity index (χ4v) is 2.81. The van der Waals surface area contributed by atoms with Crippen LogP contribution in [0.4, 0.5) is 4.39 Å². The molecule has 2 aromatic carbocycles. The van der Waals surface area contributed by atoms with Crippen LogP contribution in [-0.2, 0) is 13.1 Å². The lowest BCUT2D eigenvalue weighted by Crippen LogP contribution is -2.45. The van der Waals surface area contributed by atoms with Crippen molar-refractivity contribution in [1.82, 2.24) is 9.80 Å². The molecular weight excluding hydrogens is 263 g/mol. The number of rotatable bonds is 4. The molecule has 0 radical (unpaired) electrons. The Morgan fingerprint density at radius 3 is 1.95 bits per heavy atom. The molecule has 0 amide bonds. The molecule has 0 aliphatic carbocycles. The maximum absolute atomic E-state index is 13.7. The van der Waals surface area contributed by atoms with Crippen LogP contribution in [0.5, 0.6) is 0 Å². The zero-order valence-corrected chi connectivity index (χ0v) is 12.2. The number of piperazine rings is 1. The molecule has 0 saturated carbocycles. The van der Waals surface area contributed by atoms with Crippen molar-refractivity contribution in [2.45, 2.75) is 13.1 Å². The topological polar surface area (TPSA) is 6.48 Å². The van der Waals surface area contributed by atoms with Crippen LogP contribution in [0.3, 0.4) is 0 Å². The molecule has 21 heavy (non-hydrogen) atoms. The zero-order valence-electron chi connectivity index (χ0n) is 12.2. The highest BCUT2D eigenvalue weighted by Crippen LogP contribution is 2.13. The number of benzene rings is 2. The van der Waals surface area contributed by atoms with Crippen molar-refractivity contribution in [3.05, 3.63) is 71.5 Å². The molecule has 2 nitrogen and oxygen atoms in total. The van der Waals surface area contributed by atoms with Crippen LogP contribution in [0.1, 0.15) is 11.1 Å². The maximum Gasteiger partial charge on any atom is 0.127 e. The smallest absolute Gasteiger partial charge is 0.127 e. The fraction of sp³-hybridized carbons (Fsp3) is 0.333. The van der Waals surface area contributed by atoms with Crippen molar-refractivity contribution in [1.29, 1.82) is 0 Å². The molecule has 0 spiro atoms. The van der Waals surface area contributed by atoms with Gasteiger partial charge in [-0.3, -0.25) is 9.80 Å². The molecule has 1 fully saturated rings. The van der Waals surface area contributed by atoms with E-state index in [1.165, 1.54) is 5.56 Å². The molecule has 1 saturated heterocycles. The molecular formula is C18H21FN2. The quantitative estimate of drug-likeness (QED) is 0.851. The van der Waals surface area contributed by atoms with Gasteiger partial charge in [0.25, 0.3) is 0 Å². The van der Waals surface area contributed by atoms with Gasteiger partial charge in [0, 0.05) is 44.8 Å². The predicted octanol–water partition coefficient (Wildman–Crippen LogP) is 3.14. The van der Waals surface area contributed by atoms with Crippen molar-refractivity contribution in [2.75, 3.05) is 26.2 Å². The van der Waals surface area contributed by atoms with E-state index in [4.69, 9.17) is 0 Å². The van der Waals surface area contributed by atoms with E-state index in [-0.39, 0.29) is 5.82 Å². The lowest BCUT2D eigenvalue weighted by molar-refractivity contribution is 0.121. The van der Waals surface area contributed by atoms with Crippen LogP contribution in [0.15, 0.2) is 54.6 Å². The summed E-state index contributed by atoms with van der Waals surface area (Å²) in [6.07, 6.45) is 0. The van der Waals surface area contributed by atoms with Crippen molar-refractivity contribution in [3.63, 3.8) is 0 Å². The van der Waals surface area contributed by atoms with Crippen LogP contribution in [-0.4, -0.2) is 36.0 Å². The van der Waals surface area contributed by atoms with E-state index in [9.17, 15) is 4.39 Å². The molecule has 0 aromatic heterocycles. The van der Waals surface area contributed by atoms with Crippen LogP contribution >= 0.6 is 0 Å². The summed E-state index contributed by atoms with van der Waals surface area (Å²) in [4.78, 5) is 4.80. The lowest BCUT2D eigenvalue weighted by atomic mass is 10.1. The van der Waals surface area contributed by atoms with Crippen LogP contribution in [0.2, 0.25) is 0 Å². The molecule has 1 heterocycles. The summed E-state index contributed by atoms with van der Waals surface area (Å²) >= 11 is 0. The first-order chi connectivity index (χ1) is 10.3. The second-order valence-electron chi connectivity index (χ2n) is 5.63. The number of nitrogens with zero attached hydrogens (tertiary/aromatic N) is 2. The number of halogens is 1. The standard InChI is InChI=1S/C18H21FN2/c19-18-9-5-4-8-17(18)15-21-12-10-20(11-13-21)14-16-6-2-1-3-7-16/h1-9H,10-15H2. The van der Waals surface area contributed by atoms with Gasteiger partial charge in [0.05, 0.1) is 0 Å². The Kier molecular flexibility index (Phi) is 4.63. The van der Waals surface area contributed by atoms with E-state index in [2.05, 4.69) is 40.1 Å². The molecule has 1 aliphatic rings. The van der Waals surface area contributed by atoms with Crippen LogP contribution < -0.4 is 0 Å². The number of hydrogen-bond acceptors (Lipinski definition) is 2. The minimum Gasteiger partial charge on any atom is -0.297 e. The van der Waals surface area contributed by atoms with Gasteiger partial charge in [-0.2, -0.15) is 0 Å². The number of hydrogen-bond donors (Lipinski definition) is 0. The van der Waals surface area contributed by atoms with E-state index in [0.29, 0.717) is 6.54 Å². The Labute approximate surface area is 125 Å². The monoisotopic (exact) mass is 284 g/mol. The van der Waals surface area contributed by atoms with Gasteiger partial charge in [0.15, 0.2) is 0 Å². The molecule has 3 rings (SSSR count). The van der Waals surface area contributed by atoms with Crippen LogP contribution in [0, 0.1) is 5.82 Å². The highest BCUT2D eigenvalue weighted by molar-refractivity contribution is 5.17. The third-order valence-electron chi connectivity index (χ3n) is 4.07. The molecule has 0 N–H and O–H groups in total. The lowest BCUT2D eigenvalue weighted by Gasteiger charge is -2.34. The van der Waals surface area contributed by atoms with Crippen LogP contribution in [0.25, 0.3) is 0 Å². The molecule has 3 heteroatoms. The Balaban J connectivity index is 1.50. The minimum atomic E-state index is -0.0933. The van der Waals surface area contributed by atoms with Crippen molar-refractivity contribution >= 4 is 0 Å². The Morgan fingerprint density at radius 1 is 0.714 bits per heavy atom. The molecule has 0 atom stereocenters. The summed E-state index contributed by atoms with van der Waals surface area (Å²) in [5.74, 6) is -0.0933. The zero-order chi connectivity index (χ0) is 14.5. The first-order valence-electron chi connectivity index (χ1n) is 7.53. The van der Waals surface area contributed by atoms with Gasteiger partial charge >= 0.3 is 0 Å². The van der Waals surface area contributed by atoms with Gasteiger partial charge < -0.3 is 0 Å². The molecule has 0 bridgehead atoms. The Bertz CT molecular complexity index is 562. The highest BCUT2D eigenvalue weighted by atomic mass is 19.1. The molecule has 0 unspecified atom stereocenters. The summed E-state index contributed by atoms with van der Waals surface area (Å²) in [5.41, 5.74) is 2.16. The van der Waals surface area contributed by atoms with Crippen molar-refractivity contribution < 1.29 is 4.39 Å². The predicted molar refractivity (Wildman–Crippen MR) is 83.4 cm³/mol. The van der Waals surface area contributed by atoms with E-state index >= 15 is 0 Å². The average Bonchev–Trinajstić information content (AvgIpc) is 2.52.